The van der Waals surface area contributed by atoms with Crippen LogP contribution in [0.3, 0.4) is 0 Å². The van der Waals surface area contributed by atoms with Gasteiger partial charge in [0.05, 0.1) is 0 Å². The summed E-state index contributed by atoms with van der Waals surface area (Å²) in [5, 5.41) is 9.31. The Bertz CT molecular complexity index is 309. The van der Waals surface area contributed by atoms with Crippen LogP contribution >= 0.6 is 7.82 Å². The van der Waals surface area contributed by atoms with E-state index in [9.17, 15) is 9.36 Å². The van der Waals surface area contributed by atoms with Gasteiger partial charge in [-0.3, -0.25) is 15.2 Å². The second-order valence-electron chi connectivity index (χ2n) is 2.99. The van der Waals surface area contributed by atoms with E-state index in [0.717, 1.165) is 0 Å². The number of guanidine groups is 1. The summed E-state index contributed by atoms with van der Waals surface area (Å²) < 4.78 is 14.1. The van der Waals surface area contributed by atoms with Crippen LogP contribution in [-0.4, -0.2) is 63.9 Å². The summed E-state index contributed by atoms with van der Waals surface area (Å²) in [5.41, 5.74) is 10.3. The number of nitrogens with one attached hydrogen (secondary N) is 2. The molecule has 0 amide bonds. The van der Waals surface area contributed by atoms with Crippen LogP contribution in [0.2, 0.25) is 0 Å². The Hall–Kier alpha value is -0.150. The molecule has 0 saturated carbocycles. The number of rotatable bonds is 6. The first-order valence-electron chi connectivity index (χ1n) is 4.35. The van der Waals surface area contributed by atoms with E-state index >= 15 is 0 Å². The van der Waals surface area contributed by atoms with Crippen LogP contribution < -0.4 is 16.8 Å². The normalized spacial score (nSPS) is 12.2. The van der Waals surface area contributed by atoms with Crippen LogP contribution in [0.25, 0.3) is 0 Å². The first kappa shape index (κ1) is 19.2. The Morgan fingerprint density at radius 2 is 2.06 bits per heavy atom. The molecule has 0 heterocycles. The van der Waals surface area contributed by atoms with E-state index in [4.69, 9.17) is 26.7 Å². The third kappa shape index (κ3) is 12.1. The van der Waals surface area contributed by atoms with Gasteiger partial charge in [0.15, 0.2) is 5.96 Å². The molecule has 0 fully saturated rings. The molecule has 0 spiro atoms. The van der Waals surface area contributed by atoms with Crippen LogP contribution in [0.1, 0.15) is 12.8 Å². The number of phosphoric acid groups is 1. The fraction of sp³-hybridized carbons (Fsp3) is 0.667. The number of phosphoric ester groups is 1. The van der Waals surface area contributed by atoms with Crippen LogP contribution in [0.5, 0.6) is 0 Å². The van der Waals surface area contributed by atoms with Crippen LogP contribution in [0.15, 0.2) is 0 Å². The van der Waals surface area contributed by atoms with Gasteiger partial charge in [0, 0.05) is 6.54 Å². The van der Waals surface area contributed by atoms with E-state index < -0.39 is 19.8 Å². The van der Waals surface area contributed by atoms with E-state index in [0.29, 0.717) is 13.0 Å². The quantitative estimate of drug-likeness (QED) is 0.102. The minimum absolute atomic E-state index is 0. The molecule has 11 heteroatoms. The van der Waals surface area contributed by atoms with Gasteiger partial charge in [0.25, 0.3) is 0 Å². The second-order valence-corrected chi connectivity index (χ2v) is 4.15. The molecule has 0 aliphatic heterocycles. The van der Waals surface area contributed by atoms with Crippen LogP contribution in [-0.2, 0) is 13.9 Å². The summed E-state index contributed by atoms with van der Waals surface area (Å²) in [6.07, 6.45) is 0.579. The van der Waals surface area contributed by atoms with E-state index in [1.807, 2.05) is 0 Å². The van der Waals surface area contributed by atoms with E-state index in [2.05, 4.69) is 9.84 Å². The number of carbonyl (C=O) groups excluding carboxylic acids is 1. The van der Waals surface area contributed by atoms with Crippen molar-refractivity contribution in [2.75, 3.05) is 6.54 Å². The zero-order valence-corrected chi connectivity index (χ0v) is 9.31. The predicted molar refractivity (Wildman–Crippen MR) is 62.4 cm³/mol. The molecule has 96 valence electrons. The maximum absolute atomic E-state index is 11.0. The van der Waals surface area contributed by atoms with Gasteiger partial charge in [-0.1, -0.05) is 0 Å². The summed E-state index contributed by atoms with van der Waals surface area (Å²) in [6, 6.07) is -1.11. The summed E-state index contributed by atoms with van der Waals surface area (Å²) >= 11 is 0. The fourth-order valence-electron chi connectivity index (χ4n) is 0.848. The SMILES string of the molecule is N=C(N)NCCC[C@H](N)C(=O)OP(=O)(O)O.[NaH]. The molecule has 9 nitrogen and oxygen atoms in total. The Labute approximate surface area is 120 Å². The van der Waals surface area contributed by atoms with Crippen LogP contribution in [0.4, 0.5) is 0 Å². The van der Waals surface area contributed by atoms with Gasteiger partial charge in [-0.2, -0.15) is 0 Å². The topological polar surface area (TPSA) is 172 Å². The Balaban J connectivity index is 0. The van der Waals surface area contributed by atoms with Gasteiger partial charge in [-0.25, -0.2) is 9.36 Å². The third-order valence-electron chi connectivity index (χ3n) is 1.52. The minimum atomic E-state index is -4.83. The third-order valence-corrected chi connectivity index (χ3v) is 1.94. The number of carbonyl (C=O) groups is 1. The van der Waals surface area contributed by atoms with Gasteiger partial charge in [-0.05, 0) is 12.8 Å². The predicted octanol–water partition coefficient (Wildman–Crippen LogP) is -2.44. The van der Waals surface area contributed by atoms with Gasteiger partial charge < -0.3 is 21.3 Å². The molecule has 0 saturated heterocycles. The van der Waals surface area contributed by atoms with Crippen LogP contribution in [0, 0.1) is 5.41 Å². The molecule has 0 aliphatic carbocycles. The van der Waals surface area contributed by atoms with Crippen molar-refractivity contribution in [3.63, 3.8) is 0 Å². The standard InChI is InChI=1S/C6H15N4O5P.Na.H/c7-4(2-1-3-10-6(8)9)5(11)15-16(12,13)14;;/h4H,1-3,7H2,(H4,8,9,10)(H2,12,13,14);;/t4-;;/m0../s1. The Kier molecular flexibility index (Phi) is 10.0. The molecule has 0 bridgehead atoms. The average molecular weight is 278 g/mol. The molecular formula is C6H16N4NaO5P. The number of hydrogen-bond acceptors (Lipinski definition) is 5. The average Bonchev–Trinajstić information content (AvgIpc) is 2.08. The molecule has 0 aromatic carbocycles. The maximum atomic E-state index is 11.0. The molecular weight excluding hydrogens is 262 g/mol. The van der Waals surface area contributed by atoms with Gasteiger partial charge in [0.2, 0.25) is 0 Å². The zero-order valence-electron chi connectivity index (χ0n) is 8.42. The first-order valence-corrected chi connectivity index (χ1v) is 5.88. The van der Waals surface area contributed by atoms with E-state index in [1.165, 1.54) is 0 Å². The molecule has 0 aromatic rings. The summed E-state index contributed by atoms with van der Waals surface area (Å²) in [4.78, 5) is 27.6. The molecule has 0 aromatic heterocycles. The molecule has 0 radical (unpaired) electrons. The number of nitrogens with two attached hydrogens (primary N) is 2. The van der Waals surface area contributed by atoms with Crippen molar-refractivity contribution in [1.29, 1.82) is 5.41 Å². The Morgan fingerprint density at radius 3 is 2.47 bits per heavy atom. The van der Waals surface area contributed by atoms with Crippen molar-refractivity contribution in [2.45, 2.75) is 18.9 Å². The van der Waals surface area contributed by atoms with Crippen molar-refractivity contribution >= 4 is 49.3 Å². The molecule has 0 rings (SSSR count). The Morgan fingerprint density at radius 1 is 1.53 bits per heavy atom. The van der Waals surface area contributed by atoms with E-state index in [1.54, 1.807) is 0 Å². The molecule has 17 heavy (non-hydrogen) atoms. The fourth-order valence-corrected chi connectivity index (χ4v) is 1.22. The molecule has 0 aliphatic rings. The van der Waals surface area contributed by atoms with Crippen molar-refractivity contribution in [3.8, 4) is 0 Å². The monoisotopic (exact) mass is 278 g/mol. The number of hydrogen-bond donors (Lipinski definition) is 6. The summed E-state index contributed by atoms with van der Waals surface area (Å²) in [6.45, 7) is 0.340. The molecule has 8 N–H and O–H groups in total. The second kappa shape index (κ2) is 8.87. The first-order chi connectivity index (χ1) is 7.22. The van der Waals surface area contributed by atoms with Gasteiger partial charge >= 0.3 is 43.3 Å². The zero-order chi connectivity index (χ0) is 12.8. The van der Waals surface area contributed by atoms with Gasteiger partial charge in [0.1, 0.15) is 6.04 Å². The summed E-state index contributed by atoms with van der Waals surface area (Å²) in [7, 11) is -4.83. The van der Waals surface area contributed by atoms with Gasteiger partial charge in [-0.15, -0.1) is 0 Å². The van der Waals surface area contributed by atoms with Crippen molar-refractivity contribution in [3.05, 3.63) is 0 Å². The van der Waals surface area contributed by atoms with E-state index in [-0.39, 0.29) is 41.9 Å². The van der Waals surface area contributed by atoms with Crippen molar-refractivity contribution in [2.24, 2.45) is 11.5 Å². The van der Waals surface area contributed by atoms with Crippen molar-refractivity contribution in [1.82, 2.24) is 5.32 Å². The summed E-state index contributed by atoms with van der Waals surface area (Å²) in [5.74, 6) is -1.36. The van der Waals surface area contributed by atoms with Crippen molar-refractivity contribution < 1.29 is 23.7 Å². The molecule has 0 unspecified atom stereocenters. The molecule has 1 atom stereocenters.